The van der Waals surface area contributed by atoms with Crippen LogP contribution in [0.15, 0.2) is 23.4 Å². The van der Waals surface area contributed by atoms with Crippen LogP contribution < -0.4 is 0 Å². The Morgan fingerprint density at radius 1 is 1.47 bits per heavy atom. The van der Waals surface area contributed by atoms with Gasteiger partial charge in [0.2, 0.25) is 15.0 Å². The average molecular weight is 255 g/mol. The van der Waals surface area contributed by atoms with Gasteiger partial charge in [0.25, 0.3) is 5.69 Å². The first kappa shape index (κ1) is 11.5. The molecule has 0 unspecified atom stereocenters. The van der Waals surface area contributed by atoms with Gasteiger partial charge in [0.15, 0.2) is 5.52 Å². The first-order valence-electron chi connectivity index (χ1n) is 4.81. The SMILES string of the molecule is CCS(=O)(=O)c1nc2c([N+](=O)[O-])cccc2[nH]1. The molecule has 0 fully saturated rings. The number of fused-ring (bicyclic) bond motifs is 1. The molecule has 0 saturated heterocycles. The zero-order valence-electron chi connectivity index (χ0n) is 8.87. The first-order valence-corrected chi connectivity index (χ1v) is 6.47. The molecule has 2 rings (SSSR count). The number of aromatic nitrogens is 2. The minimum absolute atomic E-state index is 0.0597. The summed E-state index contributed by atoms with van der Waals surface area (Å²) in [7, 11) is -3.49. The van der Waals surface area contributed by atoms with E-state index in [0.717, 1.165) is 0 Å². The number of imidazole rings is 1. The van der Waals surface area contributed by atoms with Crippen molar-refractivity contribution in [2.24, 2.45) is 0 Å². The standard InChI is InChI=1S/C9H9N3O4S/c1-2-17(15,16)9-10-6-4-3-5-7(12(13)14)8(6)11-9/h3-5H,2H2,1H3,(H,10,11). The Hall–Kier alpha value is -1.96. The van der Waals surface area contributed by atoms with E-state index < -0.39 is 14.8 Å². The number of nitrogens with one attached hydrogen (secondary N) is 1. The number of nitro groups is 1. The lowest BCUT2D eigenvalue weighted by Crippen LogP contribution is -2.05. The Kier molecular flexibility index (Phi) is 2.58. The number of hydrogen-bond donors (Lipinski definition) is 1. The van der Waals surface area contributed by atoms with Crippen molar-refractivity contribution in [2.45, 2.75) is 12.1 Å². The van der Waals surface area contributed by atoms with Crippen molar-refractivity contribution < 1.29 is 13.3 Å². The lowest BCUT2D eigenvalue weighted by Gasteiger charge is -1.92. The van der Waals surface area contributed by atoms with Crippen LogP contribution in [-0.4, -0.2) is 29.1 Å². The molecule has 0 saturated carbocycles. The molecule has 0 spiro atoms. The predicted molar refractivity (Wildman–Crippen MR) is 60.5 cm³/mol. The van der Waals surface area contributed by atoms with Crippen molar-refractivity contribution >= 4 is 26.6 Å². The van der Waals surface area contributed by atoms with Crippen molar-refractivity contribution in [3.05, 3.63) is 28.3 Å². The highest BCUT2D eigenvalue weighted by Crippen LogP contribution is 2.24. The molecule has 0 aliphatic carbocycles. The van der Waals surface area contributed by atoms with E-state index in [1.807, 2.05) is 0 Å². The van der Waals surface area contributed by atoms with Crippen molar-refractivity contribution in [3.8, 4) is 0 Å². The Labute approximate surface area is 96.6 Å². The van der Waals surface area contributed by atoms with Gasteiger partial charge in [-0.05, 0) is 6.07 Å². The van der Waals surface area contributed by atoms with E-state index in [9.17, 15) is 18.5 Å². The fraction of sp³-hybridized carbons (Fsp3) is 0.222. The number of nitro benzene ring substituents is 1. The smallest absolute Gasteiger partial charge is 0.297 e. The summed E-state index contributed by atoms with van der Waals surface area (Å²) in [6.45, 7) is 1.48. The molecular formula is C9H9N3O4S. The van der Waals surface area contributed by atoms with E-state index >= 15 is 0 Å². The predicted octanol–water partition coefficient (Wildman–Crippen LogP) is 1.26. The maximum atomic E-state index is 11.6. The maximum Gasteiger partial charge on any atom is 0.297 e. The highest BCUT2D eigenvalue weighted by atomic mass is 32.2. The molecule has 90 valence electrons. The largest absolute Gasteiger partial charge is 0.329 e. The van der Waals surface area contributed by atoms with Gasteiger partial charge in [0, 0.05) is 6.07 Å². The van der Waals surface area contributed by atoms with Crippen molar-refractivity contribution in [2.75, 3.05) is 5.75 Å². The first-order chi connectivity index (χ1) is 7.95. The second kappa shape index (κ2) is 3.81. The molecule has 0 atom stereocenters. The zero-order valence-corrected chi connectivity index (χ0v) is 9.69. The van der Waals surface area contributed by atoms with Crippen molar-refractivity contribution in [3.63, 3.8) is 0 Å². The molecule has 0 aliphatic rings. The lowest BCUT2D eigenvalue weighted by molar-refractivity contribution is -0.383. The summed E-state index contributed by atoms with van der Waals surface area (Å²) in [5.41, 5.74) is 0.187. The van der Waals surface area contributed by atoms with E-state index in [-0.39, 0.29) is 22.1 Å². The van der Waals surface area contributed by atoms with Gasteiger partial charge in [-0.2, -0.15) is 0 Å². The lowest BCUT2D eigenvalue weighted by atomic mass is 10.3. The highest BCUT2D eigenvalue weighted by molar-refractivity contribution is 7.91. The Bertz CT molecular complexity index is 689. The molecule has 0 amide bonds. The molecule has 8 heteroatoms. The quantitative estimate of drug-likeness (QED) is 0.656. The summed E-state index contributed by atoms with van der Waals surface area (Å²) in [6, 6.07) is 4.30. The number of rotatable bonds is 3. The summed E-state index contributed by atoms with van der Waals surface area (Å²) in [6.07, 6.45) is 0. The number of para-hydroxylation sites is 1. The van der Waals surface area contributed by atoms with Crippen molar-refractivity contribution in [1.29, 1.82) is 0 Å². The minimum Gasteiger partial charge on any atom is -0.329 e. The second-order valence-corrected chi connectivity index (χ2v) is 5.57. The molecule has 2 aromatic rings. The maximum absolute atomic E-state index is 11.6. The van der Waals surface area contributed by atoms with Gasteiger partial charge in [-0.1, -0.05) is 13.0 Å². The van der Waals surface area contributed by atoms with Crippen LogP contribution >= 0.6 is 0 Å². The fourth-order valence-electron chi connectivity index (χ4n) is 1.43. The number of hydrogen-bond acceptors (Lipinski definition) is 5. The summed E-state index contributed by atoms with van der Waals surface area (Å²) in [5.74, 6) is -0.110. The van der Waals surface area contributed by atoms with Crippen LogP contribution in [0.25, 0.3) is 11.0 Å². The number of nitrogens with zero attached hydrogens (tertiary/aromatic N) is 2. The van der Waals surface area contributed by atoms with E-state index in [1.165, 1.54) is 19.1 Å². The minimum atomic E-state index is -3.49. The molecule has 1 heterocycles. The molecule has 1 aromatic carbocycles. The fourth-order valence-corrected chi connectivity index (χ4v) is 2.20. The van der Waals surface area contributed by atoms with Gasteiger partial charge in [0.05, 0.1) is 16.2 Å². The molecule has 0 radical (unpaired) electrons. The molecular weight excluding hydrogens is 246 g/mol. The topological polar surface area (TPSA) is 106 Å². The van der Waals surface area contributed by atoms with E-state index in [4.69, 9.17) is 0 Å². The van der Waals surface area contributed by atoms with Crippen LogP contribution in [0, 0.1) is 10.1 Å². The Morgan fingerprint density at radius 2 is 2.18 bits per heavy atom. The van der Waals surface area contributed by atoms with Gasteiger partial charge in [-0.25, -0.2) is 13.4 Å². The third kappa shape index (κ3) is 1.86. The highest BCUT2D eigenvalue weighted by Gasteiger charge is 2.21. The van der Waals surface area contributed by atoms with Crippen LogP contribution in [0.3, 0.4) is 0 Å². The van der Waals surface area contributed by atoms with Crippen LogP contribution in [-0.2, 0) is 9.84 Å². The second-order valence-electron chi connectivity index (χ2n) is 3.38. The molecule has 17 heavy (non-hydrogen) atoms. The van der Waals surface area contributed by atoms with Gasteiger partial charge in [-0.3, -0.25) is 10.1 Å². The molecule has 1 aromatic heterocycles. The van der Waals surface area contributed by atoms with Crippen LogP contribution in [0.1, 0.15) is 6.92 Å². The number of non-ortho nitro benzene ring substituents is 1. The van der Waals surface area contributed by atoms with Crippen LogP contribution in [0.2, 0.25) is 0 Å². The zero-order chi connectivity index (χ0) is 12.6. The van der Waals surface area contributed by atoms with E-state index in [1.54, 1.807) is 6.07 Å². The monoisotopic (exact) mass is 255 g/mol. The summed E-state index contributed by atoms with van der Waals surface area (Å²) in [4.78, 5) is 16.5. The van der Waals surface area contributed by atoms with Gasteiger partial charge >= 0.3 is 0 Å². The van der Waals surface area contributed by atoms with Gasteiger partial charge in [-0.15, -0.1) is 0 Å². The summed E-state index contributed by atoms with van der Waals surface area (Å²) in [5, 5.41) is 10.5. The van der Waals surface area contributed by atoms with Gasteiger partial charge in [0.1, 0.15) is 0 Å². The van der Waals surface area contributed by atoms with E-state index in [2.05, 4.69) is 9.97 Å². The van der Waals surface area contributed by atoms with E-state index in [0.29, 0.717) is 5.52 Å². The molecule has 7 nitrogen and oxygen atoms in total. The molecule has 0 aliphatic heterocycles. The number of aromatic amines is 1. The Balaban J connectivity index is 2.75. The number of benzene rings is 1. The Morgan fingerprint density at radius 3 is 2.76 bits per heavy atom. The molecule has 1 N–H and O–H groups in total. The van der Waals surface area contributed by atoms with Gasteiger partial charge < -0.3 is 4.98 Å². The normalized spacial score (nSPS) is 11.8. The third-order valence-corrected chi connectivity index (χ3v) is 3.88. The van der Waals surface area contributed by atoms with Crippen LogP contribution in [0.4, 0.5) is 5.69 Å². The summed E-state index contributed by atoms with van der Waals surface area (Å²) >= 11 is 0. The summed E-state index contributed by atoms with van der Waals surface area (Å²) < 4.78 is 23.2. The number of H-pyrrole nitrogens is 1. The average Bonchev–Trinajstić information content (AvgIpc) is 2.72. The third-order valence-electron chi connectivity index (χ3n) is 2.34. The van der Waals surface area contributed by atoms with Crippen LogP contribution in [0.5, 0.6) is 0 Å². The number of sulfone groups is 1. The molecule has 0 bridgehead atoms. The van der Waals surface area contributed by atoms with Crippen molar-refractivity contribution in [1.82, 2.24) is 9.97 Å².